The van der Waals surface area contributed by atoms with Crippen molar-refractivity contribution in [2.75, 3.05) is 0 Å². The van der Waals surface area contributed by atoms with Gasteiger partial charge < -0.3 is 0 Å². The van der Waals surface area contributed by atoms with Gasteiger partial charge in [-0.25, -0.2) is 0 Å². The van der Waals surface area contributed by atoms with Crippen LogP contribution < -0.4 is 0 Å². The van der Waals surface area contributed by atoms with Crippen molar-refractivity contribution in [2.45, 2.75) is 31.4 Å². The van der Waals surface area contributed by atoms with Crippen molar-refractivity contribution in [3.8, 4) is 0 Å². The minimum atomic E-state index is 0.562. The van der Waals surface area contributed by atoms with Crippen molar-refractivity contribution in [3.63, 3.8) is 0 Å². The first-order valence-electron chi connectivity index (χ1n) is 4.58. The van der Waals surface area contributed by atoms with E-state index in [4.69, 9.17) is 0 Å². The Morgan fingerprint density at radius 2 is 2.08 bits per heavy atom. The minimum Gasteiger partial charge on any atom is -0.175 e. The summed E-state index contributed by atoms with van der Waals surface area (Å²) in [6.07, 6.45) is 3.46. The summed E-state index contributed by atoms with van der Waals surface area (Å²) in [5.41, 5.74) is 4.48. The molecule has 0 aromatic heterocycles. The van der Waals surface area contributed by atoms with E-state index in [1.165, 1.54) is 16.7 Å². The number of aryl methyl sites for hydroxylation is 1. The van der Waals surface area contributed by atoms with Gasteiger partial charge in [-0.3, -0.25) is 0 Å². The van der Waals surface area contributed by atoms with E-state index in [1.54, 1.807) is 0 Å². The third-order valence-corrected chi connectivity index (χ3v) is 2.96. The summed E-state index contributed by atoms with van der Waals surface area (Å²) in [7, 11) is 0. The summed E-state index contributed by atoms with van der Waals surface area (Å²) in [5.74, 6) is 0. The van der Waals surface area contributed by atoms with E-state index in [0.29, 0.717) is 5.25 Å². The van der Waals surface area contributed by atoms with Gasteiger partial charge in [0.25, 0.3) is 0 Å². The maximum absolute atomic E-state index is 4.50. The van der Waals surface area contributed by atoms with Gasteiger partial charge in [0, 0.05) is 5.25 Å². The van der Waals surface area contributed by atoms with E-state index < -0.39 is 0 Å². The SMILES string of the molecule is CCc1ccc2c(c1)C[C@H](S)C2. The van der Waals surface area contributed by atoms with Gasteiger partial charge in [-0.1, -0.05) is 25.1 Å². The van der Waals surface area contributed by atoms with E-state index in [9.17, 15) is 0 Å². The Kier molecular flexibility index (Phi) is 2.14. The number of thiol groups is 1. The molecule has 0 aliphatic heterocycles. The summed E-state index contributed by atoms with van der Waals surface area (Å²) in [5, 5.41) is 0.562. The smallest absolute Gasteiger partial charge is 0.00978 e. The molecular weight excluding hydrogens is 164 g/mol. The zero-order valence-electron chi connectivity index (χ0n) is 7.38. The highest BCUT2D eigenvalue weighted by Crippen LogP contribution is 2.26. The van der Waals surface area contributed by atoms with Gasteiger partial charge in [0.1, 0.15) is 0 Å². The fourth-order valence-electron chi connectivity index (χ4n) is 1.87. The molecule has 0 saturated carbocycles. The lowest BCUT2D eigenvalue weighted by Crippen LogP contribution is -1.94. The fraction of sp³-hybridized carbons (Fsp3) is 0.455. The Morgan fingerprint density at radius 3 is 2.83 bits per heavy atom. The first-order chi connectivity index (χ1) is 5.79. The van der Waals surface area contributed by atoms with Crippen molar-refractivity contribution in [1.82, 2.24) is 0 Å². The van der Waals surface area contributed by atoms with E-state index >= 15 is 0 Å². The number of rotatable bonds is 1. The van der Waals surface area contributed by atoms with E-state index in [0.717, 1.165) is 19.3 Å². The lowest BCUT2D eigenvalue weighted by molar-refractivity contribution is 0.943. The minimum absolute atomic E-state index is 0.562. The van der Waals surface area contributed by atoms with Gasteiger partial charge in [-0.05, 0) is 36.0 Å². The second-order valence-corrected chi connectivity index (χ2v) is 4.25. The van der Waals surface area contributed by atoms with Crippen LogP contribution >= 0.6 is 12.6 Å². The maximum atomic E-state index is 4.50. The molecule has 1 aliphatic rings. The number of hydrogen-bond donors (Lipinski definition) is 1. The second-order valence-electron chi connectivity index (χ2n) is 3.52. The van der Waals surface area contributed by atoms with Crippen molar-refractivity contribution in [2.24, 2.45) is 0 Å². The summed E-state index contributed by atoms with van der Waals surface area (Å²) >= 11 is 4.50. The molecule has 0 nitrogen and oxygen atoms in total. The summed E-state index contributed by atoms with van der Waals surface area (Å²) < 4.78 is 0. The summed E-state index contributed by atoms with van der Waals surface area (Å²) in [6, 6.07) is 6.85. The molecule has 2 rings (SSSR count). The predicted octanol–water partition coefficient (Wildman–Crippen LogP) is 2.65. The Balaban J connectivity index is 2.35. The van der Waals surface area contributed by atoms with Gasteiger partial charge in [0.05, 0.1) is 0 Å². The van der Waals surface area contributed by atoms with Crippen molar-refractivity contribution in [3.05, 3.63) is 34.9 Å². The molecule has 0 saturated heterocycles. The lowest BCUT2D eigenvalue weighted by Gasteiger charge is -2.00. The lowest BCUT2D eigenvalue weighted by atomic mass is 10.1. The highest BCUT2D eigenvalue weighted by atomic mass is 32.1. The van der Waals surface area contributed by atoms with Crippen LogP contribution in [0.25, 0.3) is 0 Å². The Morgan fingerprint density at radius 1 is 1.33 bits per heavy atom. The van der Waals surface area contributed by atoms with Gasteiger partial charge in [0.15, 0.2) is 0 Å². The molecule has 1 atom stereocenters. The van der Waals surface area contributed by atoms with Crippen LogP contribution in [0.5, 0.6) is 0 Å². The zero-order valence-corrected chi connectivity index (χ0v) is 8.27. The topological polar surface area (TPSA) is 0 Å². The van der Waals surface area contributed by atoms with E-state index in [2.05, 4.69) is 37.8 Å². The number of benzene rings is 1. The first-order valence-corrected chi connectivity index (χ1v) is 5.10. The summed E-state index contributed by atoms with van der Waals surface area (Å²) in [6.45, 7) is 2.20. The van der Waals surface area contributed by atoms with Crippen LogP contribution in [0, 0.1) is 0 Å². The third kappa shape index (κ3) is 1.38. The molecule has 64 valence electrons. The van der Waals surface area contributed by atoms with Gasteiger partial charge in [-0.15, -0.1) is 0 Å². The van der Waals surface area contributed by atoms with Crippen LogP contribution in [0.4, 0.5) is 0 Å². The number of hydrogen-bond acceptors (Lipinski definition) is 1. The van der Waals surface area contributed by atoms with Gasteiger partial charge in [-0.2, -0.15) is 12.6 Å². The molecule has 1 heteroatoms. The van der Waals surface area contributed by atoms with Crippen LogP contribution in [0.15, 0.2) is 18.2 Å². The molecule has 0 amide bonds. The molecule has 0 heterocycles. The molecule has 12 heavy (non-hydrogen) atoms. The van der Waals surface area contributed by atoms with Crippen molar-refractivity contribution in [1.29, 1.82) is 0 Å². The molecule has 0 unspecified atom stereocenters. The molecule has 0 N–H and O–H groups in total. The number of fused-ring (bicyclic) bond motifs is 1. The standard InChI is InChI=1S/C11H14S/c1-2-8-3-4-9-6-11(12)7-10(9)5-8/h3-5,11-12H,2,6-7H2,1H3/t11-/m1/s1. The molecular formula is C11H14S. The molecule has 0 radical (unpaired) electrons. The Bertz CT molecular complexity index is 291. The van der Waals surface area contributed by atoms with Crippen LogP contribution in [0.2, 0.25) is 0 Å². The van der Waals surface area contributed by atoms with Crippen LogP contribution in [-0.4, -0.2) is 5.25 Å². The Labute approximate surface area is 79.4 Å². The second kappa shape index (κ2) is 3.14. The largest absolute Gasteiger partial charge is 0.175 e. The fourth-order valence-corrected chi connectivity index (χ4v) is 2.26. The highest BCUT2D eigenvalue weighted by molar-refractivity contribution is 7.81. The van der Waals surface area contributed by atoms with Crippen LogP contribution in [-0.2, 0) is 19.3 Å². The van der Waals surface area contributed by atoms with Crippen molar-refractivity contribution < 1.29 is 0 Å². The first kappa shape index (κ1) is 8.18. The van der Waals surface area contributed by atoms with Crippen LogP contribution in [0.1, 0.15) is 23.6 Å². The zero-order chi connectivity index (χ0) is 8.55. The molecule has 0 spiro atoms. The van der Waals surface area contributed by atoms with Crippen molar-refractivity contribution >= 4 is 12.6 Å². The quantitative estimate of drug-likeness (QED) is 0.628. The average molecular weight is 178 g/mol. The predicted molar refractivity (Wildman–Crippen MR) is 56.0 cm³/mol. The molecule has 1 aromatic rings. The van der Waals surface area contributed by atoms with E-state index in [-0.39, 0.29) is 0 Å². The Hall–Kier alpha value is -0.430. The molecule has 0 bridgehead atoms. The van der Waals surface area contributed by atoms with E-state index in [1.807, 2.05) is 0 Å². The molecule has 0 fully saturated rings. The van der Waals surface area contributed by atoms with Crippen LogP contribution in [0.3, 0.4) is 0 Å². The maximum Gasteiger partial charge on any atom is 0.00978 e. The van der Waals surface area contributed by atoms with Gasteiger partial charge >= 0.3 is 0 Å². The molecule has 1 aliphatic carbocycles. The normalized spacial score (nSPS) is 21.0. The molecule has 1 aromatic carbocycles. The highest BCUT2D eigenvalue weighted by Gasteiger charge is 2.17. The van der Waals surface area contributed by atoms with Gasteiger partial charge in [0.2, 0.25) is 0 Å². The monoisotopic (exact) mass is 178 g/mol. The summed E-state index contributed by atoms with van der Waals surface area (Å²) in [4.78, 5) is 0. The average Bonchev–Trinajstić information content (AvgIpc) is 2.43. The third-order valence-electron chi connectivity index (χ3n) is 2.59.